The maximum absolute atomic E-state index is 12.3. The van der Waals surface area contributed by atoms with Gasteiger partial charge in [-0.2, -0.15) is 4.98 Å². The Morgan fingerprint density at radius 3 is 2.59 bits per heavy atom. The van der Waals surface area contributed by atoms with E-state index in [-0.39, 0.29) is 12.2 Å². The van der Waals surface area contributed by atoms with Gasteiger partial charge in [0, 0.05) is 50.9 Å². The highest BCUT2D eigenvalue weighted by atomic mass is 16.8. The summed E-state index contributed by atoms with van der Waals surface area (Å²) in [5.74, 6) is 0.993. The SMILES string of the molecule is Cc1nc(-c2ccc(N3CC(CN4CCN(OC(=O)O)CC4)OC3=O)cc2)no1. The predicted octanol–water partition coefficient (Wildman–Crippen LogP) is 1.60. The first-order chi connectivity index (χ1) is 14.0. The molecule has 0 saturated carbocycles. The smallest absolute Gasteiger partial charge is 0.448 e. The van der Waals surface area contributed by atoms with E-state index in [1.807, 2.05) is 24.3 Å². The van der Waals surface area contributed by atoms with Crippen molar-refractivity contribution in [3.05, 3.63) is 30.2 Å². The van der Waals surface area contributed by atoms with Gasteiger partial charge in [0.25, 0.3) is 0 Å². The van der Waals surface area contributed by atoms with Crippen molar-refractivity contribution in [3.8, 4) is 11.4 Å². The zero-order valence-electron chi connectivity index (χ0n) is 15.9. The summed E-state index contributed by atoms with van der Waals surface area (Å²) in [5.41, 5.74) is 1.54. The molecule has 11 nitrogen and oxygen atoms in total. The lowest BCUT2D eigenvalue weighted by atomic mass is 10.2. The number of hydrogen-bond donors (Lipinski definition) is 1. The maximum atomic E-state index is 12.3. The molecule has 2 fully saturated rings. The monoisotopic (exact) mass is 403 g/mol. The number of carbonyl (C=O) groups excluding carboxylic acids is 1. The summed E-state index contributed by atoms with van der Waals surface area (Å²) in [7, 11) is 0. The first-order valence-corrected chi connectivity index (χ1v) is 9.25. The second-order valence-corrected chi connectivity index (χ2v) is 6.89. The van der Waals surface area contributed by atoms with Gasteiger partial charge in [0.2, 0.25) is 11.7 Å². The summed E-state index contributed by atoms with van der Waals surface area (Å²) in [6.45, 7) is 5.00. The van der Waals surface area contributed by atoms with Gasteiger partial charge in [-0.1, -0.05) is 5.16 Å². The number of hydrogen-bond acceptors (Lipinski definition) is 9. The number of piperazine rings is 1. The third-order valence-corrected chi connectivity index (χ3v) is 4.84. The molecule has 2 aliphatic heterocycles. The van der Waals surface area contributed by atoms with Crippen LogP contribution in [0.25, 0.3) is 11.4 Å². The van der Waals surface area contributed by atoms with Crippen LogP contribution in [0.1, 0.15) is 5.89 Å². The van der Waals surface area contributed by atoms with Gasteiger partial charge in [-0.05, 0) is 24.3 Å². The molecule has 0 radical (unpaired) electrons. The molecular formula is C18H21N5O6. The standard InChI is InChI=1S/C18H21N5O6/c1-12-19-16(20-28-12)13-2-4-14(5-3-13)23-11-15(27-17(23)24)10-21-6-8-22(9-7-21)29-18(25)26/h2-5,15H,6-11H2,1H3,(H,25,26). The van der Waals surface area contributed by atoms with E-state index in [4.69, 9.17) is 14.4 Å². The van der Waals surface area contributed by atoms with Crippen molar-refractivity contribution in [3.63, 3.8) is 0 Å². The predicted molar refractivity (Wildman–Crippen MR) is 99.2 cm³/mol. The molecule has 2 aliphatic rings. The van der Waals surface area contributed by atoms with Crippen LogP contribution in [0.15, 0.2) is 28.8 Å². The number of benzene rings is 1. The highest BCUT2D eigenvalue weighted by Crippen LogP contribution is 2.25. The van der Waals surface area contributed by atoms with E-state index in [1.54, 1.807) is 11.8 Å². The van der Waals surface area contributed by atoms with E-state index in [1.165, 1.54) is 5.06 Å². The van der Waals surface area contributed by atoms with Crippen LogP contribution in [-0.4, -0.2) is 82.8 Å². The van der Waals surface area contributed by atoms with Gasteiger partial charge in [0.05, 0.1) is 6.54 Å². The molecule has 0 aliphatic carbocycles. The van der Waals surface area contributed by atoms with Crippen LogP contribution in [0.4, 0.5) is 15.3 Å². The van der Waals surface area contributed by atoms with Gasteiger partial charge >= 0.3 is 12.2 Å². The van der Waals surface area contributed by atoms with Crippen LogP contribution in [0.3, 0.4) is 0 Å². The topological polar surface area (TPSA) is 121 Å². The van der Waals surface area contributed by atoms with Crippen molar-refractivity contribution < 1.29 is 28.8 Å². The Hall–Kier alpha value is -3.18. The lowest BCUT2D eigenvalue weighted by Gasteiger charge is -2.33. The molecule has 0 bridgehead atoms. The zero-order chi connectivity index (χ0) is 20.4. The number of aromatic nitrogens is 2. The summed E-state index contributed by atoms with van der Waals surface area (Å²) >= 11 is 0. The van der Waals surface area contributed by atoms with E-state index in [2.05, 4.69) is 19.9 Å². The van der Waals surface area contributed by atoms with Crippen LogP contribution < -0.4 is 4.90 Å². The van der Waals surface area contributed by atoms with E-state index >= 15 is 0 Å². The van der Waals surface area contributed by atoms with Gasteiger partial charge in [-0.25, -0.2) is 9.59 Å². The Morgan fingerprint density at radius 1 is 1.24 bits per heavy atom. The average Bonchev–Trinajstić information content (AvgIpc) is 3.29. The molecule has 11 heteroatoms. The van der Waals surface area contributed by atoms with Crippen LogP contribution in [-0.2, 0) is 9.57 Å². The Labute approximate surface area is 166 Å². The molecule has 29 heavy (non-hydrogen) atoms. The molecule has 1 unspecified atom stereocenters. The van der Waals surface area contributed by atoms with Crippen LogP contribution in [0, 0.1) is 6.92 Å². The molecule has 1 aromatic heterocycles. The van der Waals surface area contributed by atoms with Gasteiger partial charge in [0.1, 0.15) is 6.10 Å². The molecule has 3 heterocycles. The van der Waals surface area contributed by atoms with Crippen molar-refractivity contribution in [2.24, 2.45) is 0 Å². The number of ether oxygens (including phenoxy) is 1. The van der Waals surface area contributed by atoms with Crippen molar-refractivity contribution in [1.29, 1.82) is 0 Å². The molecule has 1 N–H and O–H groups in total. The Kier molecular flexibility index (Phi) is 5.32. The minimum atomic E-state index is -1.31. The average molecular weight is 403 g/mol. The normalized spacial score (nSPS) is 20.7. The van der Waals surface area contributed by atoms with E-state index < -0.39 is 6.16 Å². The Bertz CT molecular complexity index is 877. The minimum absolute atomic E-state index is 0.256. The number of amides is 1. The fourth-order valence-corrected chi connectivity index (χ4v) is 3.44. The van der Waals surface area contributed by atoms with E-state index in [0.29, 0.717) is 51.0 Å². The number of carboxylic acid groups (broad SMARTS) is 1. The molecular weight excluding hydrogens is 382 g/mol. The number of hydroxylamine groups is 2. The first-order valence-electron chi connectivity index (χ1n) is 9.25. The van der Waals surface area contributed by atoms with Gasteiger partial charge in [-0.15, -0.1) is 5.06 Å². The Morgan fingerprint density at radius 2 is 1.97 bits per heavy atom. The fourth-order valence-electron chi connectivity index (χ4n) is 3.44. The number of carbonyl (C=O) groups is 2. The fraction of sp³-hybridized carbons (Fsp3) is 0.444. The highest BCUT2D eigenvalue weighted by molar-refractivity contribution is 5.90. The summed E-state index contributed by atoms with van der Waals surface area (Å²) in [6, 6.07) is 7.32. The molecule has 154 valence electrons. The number of aryl methyl sites for hydroxylation is 1. The molecule has 0 spiro atoms. The van der Waals surface area contributed by atoms with Crippen molar-refractivity contribution in [2.45, 2.75) is 13.0 Å². The van der Waals surface area contributed by atoms with Crippen LogP contribution >= 0.6 is 0 Å². The van der Waals surface area contributed by atoms with Gasteiger partial charge in [0.15, 0.2) is 0 Å². The molecule has 1 amide bonds. The third-order valence-electron chi connectivity index (χ3n) is 4.84. The summed E-state index contributed by atoms with van der Waals surface area (Å²) in [5, 5.41) is 14.0. The summed E-state index contributed by atoms with van der Waals surface area (Å²) < 4.78 is 10.5. The quantitative estimate of drug-likeness (QED) is 0.787. The lowest BCUT2D eigenvalue weighted by molar-refractivity contribution is -0.140. The molecule has 1 aromatic carbocycles. The van der Waals surface area contributed by atoms with Crippen molar-refractivity contribution in [1.82, 2.24) is 20.1 Å². The summed E-state index contributed by atoms with van der Waals surface area (Å²) in [6.07, 6.45) is -1.95. The maximum Gasteiger partial charge on any atom is 0.525 e. The van der Waals surface area contributed by atoms with Crippen LogP contribution in [0.2, 0.25) is 0 Å². The van der Waals surface area contributed by atoms with Crippen molar-refractivity contribution in [2.75, 3.05) is 44.2 Å². The van der Waals surface area contributed by atoms with E-state index in [9.17, 15) is 9.59 Å². The number of rotatable bonds is 5. The first kappa shape index (κ1) is 19.2. The third kappa shape index (κ3) is 4.46. The lowest BCUT2D eigenvalue weighted by Crippen LogP contribution is -2.49. The number of nitrogens with zero attached hydrogens (tertiary/aromatic N) is 5. The second-order valence-electron chi connectivity index (χ2n) is 6.89. The summed E-state index contributed by atoms with van der Waals surface area (Å²) in [4.78, 5) is 35.5. The second kappa shape index (κ2) is 8.05. The minimum Gasteiger partial charge on any atom is -0.448 e. The van der Waals surface area contributed by atoms with Crippen molar-refractivity contribution >= 4 is 17.9 Å². The van der Waals surface area contributed by atoms with E-state index in [0.717, 1.165) is 11.3 Å². The zero-order valence-corrected chi connectivity index (χ0v) is 15.9. The molecule has 4 rings (SSSR count). The number of anilines is 1. The van der Waals surface area contributed by atoms with Gasteiger partial charge < -0.3 is 19.2 Å². The Balaban J connectivity index is 1.32. The largest absolute Gasteiger partial charge is 0.525 e. The number of cyclic esters (lactones) is 1. The van der Waals surface area contributed by atoms with Crippen LogP contribution in [0.5, 0.6) is 0 Å². The molecule has 2 saturated heterocycles. The van der Waals surface area contributed by atoms with Gasteiger partial charge in [-0.3, -0.25) is 9.80 Å². The molecule has 2 aromatic rings. The highest BCUT2D eigenvalue weighted by Gasteiger charge is 2.34. The molecule has 1 atom stereocenters.